The molecule has 0 saturated heterocycles. The van der Waals surface area contributed by atoms with Gasteiger partial charge in [0.15, 0.2) is 0 Å². The average molecular weight is 295 g/mol. The van der Waals surface area contributed by atoms with Gasteiger partial charge < -0.3 is 19.5 Å². The fourth-order valence-corrected chi connectivity index (χ4v) is 1.83. The van der Waals surface area contributed by atoms with Crippen LogP contribution in [0.4, 0.5) is 5.69 Å². The normalized spacial score (nSPS) is 12.6. The molecule has 0 amide bonds. The van der Waals surface area contributed by atoms with Gasteiger partial charge in [0, 0.05) is 18.9 Å². The number of rotatable bonds is 7. The van der Waals surface area contributed by atoms with Crippen LogP contribution in [0.1, 0.15) is 20.8 Å². The third kappa shape index (κ3) is 5.63. The van der Waals surface area contributed by atoms with Gasteiger partial charge in [-0.15, -0.1) is 0 Å². The summed E-state index contributed by atoms with van der Waals surface area (Å²) in [6, 6.07) is 7.06. The topological polar surface area (TPSA) is 56.8 Å². The molecule has 0 aliphatic rings. The van der Waals surface area contributed by atoms with Crippen LogP contribution in [0.3, 0.4) is 0 Å². The molecule has 0 spiro atoms. The minimum atomic E-state index is -0.434. The van der Waals surface area contributed by atoms with E-state index in [-0.39, 0.29) is 11.4 Å². The van der Waals surface area contributed by atoms with Gasteiger partial charge in [0.25, 0.3) is 0 Å². The molecule has 5 nitrogen and oxygen atoms in total. The smallest absolute Gasteiger partial charge is 0.328 e. The Morgan fingerprint density at radius 2 is 1.95 bits per heavy atom. The summed E-state index contributed by atoms with van der Waals surface area (Å²) in [6.45, 7) is 6.98. The molecule has 1 aromatic rings. The fraction of sp³-hybridized carbons (Fsp3) is 0.562. The summed E-state index contributed by atoms with van der Waals surface area (Å²) in [7, 11) is 3.03. The van der Waals surface area contributed by atoms with Crippen LogP contribution in [0.15, 0.2) is 24.3 Å². The van der Waals surface area contributed by atoms with Crippen LogP contribution in [0.25, 0.3) is 0 Å². The molecule has 1 atom stereocenters. The second-order valence-corrected chi connectivity index (χ2v) is 5.84. The molecule has 0 aromatic heterocycles. The van der Waals surface area contributed by atoms with E-state index in [4.69, 9.17) is 14.2 Å². The fourth-order valence-electron chi connectivity index (χ4n) is 1.83. The first-order chi connectivity index (χ1) is 9.88. The Balaban J connectivity index is 2.80. The first-order valence-electron chi connectivity index (χ1n) is 6.94. The first-order valence-corrected chi connectivity index (χ1v) is 6.94. The zero-order valence-electron chi connectivity index (χ0n) is 13.4. The molecule has 0 saturated carbocycles. The largest absolute Gasteiger partial charge is 0.491 e. The summed E-state index contributed by atoms with van der Waals surface area (Å²) < 4.78 is 15.4. The zero-order chi connectivity index (χ0) is 15.9. The predicted octanol–water partition coefficient (Wildman–Crippen LogP) is 2.71. The lowest BCUT2D eigenvalue weighted by atomic mass is 9.86. The summed E-state index contributed by atoms with van der Waals surface area (Å²) in [6.07, 6.45) is 0. The Hall–Kier alpha value is -1.75. The molecule has 0 aliphatic heterocycles. The Morgan fingerprint density at radius 3 is 2.52 bits per heavy atom. The number of benzene rings is 1. The van der Waals surface area contributed by atoms with E-state index >= 15 is 0 Å². The van der Waals surface area contributed by atoms with Crippen LogP contribution in [-0.4, -0.2) is 39.4 Å². The van der Waals surface area contributed by atoms with E-state index in [1.165, 1.54) is 7.11 Å². The highest BCUT2D eigenvalue weighted by Crippen LogP contribution is 2.26. The number of esters is 1. The van der Waals surface area contributed by atoms with Crippen molar-refractivity contribution in [3.05, 3.63) is 24.3 Å². The maximum atomic E-state index is 11.9. The molecule has 1 unspecified atom stereocenters. The van der Waals surface area contributed by atoms with E-state index in [2.05, 4.69) is 5.32 Å². The monoisotopic (exact) mass is 295 g/mol. The maximum absolute atomic E-state index is 11.9. The van der Waals surface area contributed by atoms with E-state index in [9.17, 15) is 4.79 Å². The van der Waals surface area contributed by atoms with Crippen molar-refractivity contribution in [2.24, 2.45) is 5.41 Å². The molecule has 1 rings (SSSR count). The minimum Gasteiger partial charge on any atom is -0.491 e. The van der Waals surface area contributed by atoms with Gasteiger partial charge in [-0.2, -0.15) is 0 Å². The summed E-state index contributed by atoms with van der Waals surface area (Å²) in [5, 5.41) is 3.21. The lowest BCUT2D eigenvalue weighted by Crippen LogP contribution is -2.41. The Morgan fingerprint density at radius 1 is 1.24 bits per heavy atom. The molecule has 21 heavy (non-hydrogen) atoms. The Bertz CT molecular complexity index is 454. The molecule has 0 heterocycles. The molecule has 118 valence electrons. The van der Waals surface area contributed by atoms with E-state index in [0.29, 0.717) is 13.2 Å². The van der Waals surface area contributed by atoms with E-state index < -0.39 is 6.04 Å². The lowest BCUT2D eigenvalue weighted by molar-refractivity contribution is -0.143. The molecule has 0 bridgehead atoms. The van der Waals surface area contributed by atoms with Crippen LogP contribution in [0.5, 0.6) is 5.75 Å². The van der Waals surface area contributed by atoms with Crippen molar-refractivity contribution in [1.29, 1.82) is 0 Å². The number of carbonyl (C=O) groups excluding carboxylic acids is 1. The molecule has 5 heteroatoms. The Labute approximate surface area is 126 Å². The van der Waals surface area contributed by atoms with Gasteiger partial charge in [-0.25, -0.2) is 4.79 Å². The van der Waals surface area contributed by atoms with Crippen LogP contribution >= 0.6 is 0 Å². The van der Waals surface area contributed by atoms with Gasteiger partial charge in [0.2, 0.25) is 0 Å². The highest BCUT2D eigenvalue weighted by atomic mass is 16.5. The minimum absolute atomic E-state index is 0.264. The molecular formula is C16H25NO4. The standard InChI is InChI=1S/C16H25NO4/c1-16(2,3)14(15(18)20-5)17-12-7-6-8-13(11-12)21-10-9-19-4/h6-8,11,14,17H,9-10H2,1-5H3. The SMILES string of the molecule is COCCOc1cccc(NC(C(=O)OC)C(C)(C)C)c1. The van der Waals surface area contributed by atoms with Crippen molar-refractivity contribution in [1.82, 2.24) is 0 Å². The second kappa shape index (κ2) is 7.88. The van der Waals surface area contributed by atoms with Gasteiger partial charge in [0.05, 0.1) is 13.7 Å². The molecule has 0 aliphatic carbocycles. The van der Waals surface area contributed by atoms with E-state index in [0.717, 1.165) is 11.4 Å². The van der Waals surface area contributed by atoms with Crippen molar-refractivity contribution in [2.45, 2.75) is 26.8 Å². The number of ether oxygens (including phenoxy) is 3. The molecule has 0 radical (unpaired) electrons. The van der Waals surface area contributed by atoms with Crippen molar-refractivity contribution < 1.29 is 19.0 Å². The zero-order valence-corrected chi connectivity index (χ0v) is 13.4. The van der Waals surface area contributed by atoms with Crippen LogP contribution in [0.2, 0.25) is 0 Å². The number of methoxy groups -OCH3 is 2. The second-order valence-electron chi connectivity index (χ2n) is 5.84. The van der Waals surface area contributed by atoms with Crippen molar-refractivity contribution >= 4 is 11.7 Å². The van der Waals surface area contributed by atoms with Crippen molar-refractivity contribution in [2.75, 3.05) is 32.8 Å². The molecule has 1 N–H and O–H groups in total. The summed E-state index contributed by atoms with van der Waals surface area (Å²) in [4.78, 5) is 11.9. The lowest BCUT2D eigenvalue weighted by Gasteiger charge is -2.30. The Kier molecular flexibility index (Phi) is 6.49. The van der Waals surface area contributed by atoms with Crippen LogP contribution in [0, 0.1) is 5.41 Å². The predicted molar refractivity (Wildman–Crippen MR) is 82.7 cm³/mol. The van der Waals surface area contributed by atoms with Crippen LogP contribution < -0.4 is 10.1 Å². The van der Waals surface area contributed by atoms with Crippen molar-refractivity contribution in [3.8, 4) is 5.75 Å². The molecule has 1 aromatic carbocycles. The van der Waals surface area contributed by atoms with Gasteiger partial charge in [0.1, 0.15) is 18.4 Å². The van der Waals surface area contributed by atoms with E-state index in [1.54, 1.807) is 7.11 Å². The number of hydrogen-bond acceptors (Lipinski definition) is 5. The summed E-state index contributed by atoms with van der Waals surface area (Å²) >= 11 is 0. The number of hydrogen-bond donors (Lipinski definition) is 1. The average Bonchev–Trinajstić information content (AvgIpc) is 2.43. The quantitative estimate of drug-likeness (QED) is 0.619. The van der Waals surface area contributed by atoms with Crippen molar-refractivity contribution in [3.63, 3.8) is 0 Å². The first kappa shape index (κ1) is 17.3. The number of anilines is 1. The number of carbonyl (C=O) groups is 1. The summed E-state index contributed by atoms with van der Waals surface area (Å²) in [5.41, 5.74) is 0.551. The molecule has 0 fully saturated rings. The number of nitrogens with one attached hydrogen (secondary N) is 1. The highest BCUT2D eigenvalue weighted by molar-refractivity contribution is 5.80. The van der Waals surface area contributed by atoms with Gasteiger partial charge >= 0.3 is 5.97 Å². The highest BCUT2D eigenvalue weighted by Gasteiger charge is 2.32. The third-order valence-corrected chi connectivity index (χ3v) is 3.00. The third-order valence-electron chi connectivity index (χ3n) is 3.00. The summed E-state index contributed by atoms with van der Waals surface area (Å²) in [5.74, 6) is 0.447. The van der Waals surface area contributed by atoms with Gasteiger partial charge in [-0.05, 0) is 17.5 Å². The van der Waals surface area contributed by atoms with Gasteiger partial charge in [-0.1, -0.05) is 26.8 Å². The maximum Gasteiger partial charge on any atom is 0.328 e. The van der Waals surface area contributed by atoms with E-state index in [1.807, 2.05) is 45.0 Å². The van der Waals surface area contributed by atoms with Crippen LogP contribution in [-0.2, 0) is 14.3 Å². The van der Waals surface area contributed by atoms with Gasteiger partial charge in [-0.3, -0.25) is 0 Å². The molecular weight excluding hydrogens is 270 g/mol.